The van der Waals surface area contributed by atoms with Crippen molar-refractivity contribution < 1.29 is 4.79 Å². The van der Waals surface area contributed by atoms with Crippen LogP contribution in [-0.2, 0) is 12.8 Å². The van der Waals surface area contributed by atoms with Gasteiger partial charge in [0.05, 0.1) is 21.3 Å². The first-order valence-electron chi connectivity index (χ1n) is 6.54. The van der Waals surface area contributed by atoms with Gasteiger partial charge < -0.3 is 5.73 Å². The van der Waals surface area contributed by atoms with Gasteiger partial charge >= 0.3 is 0 Å². The molecule has 21 heavy (non-hydrogen) atoms. The number of nitrogens with one attached hydrogen (secondary N) is 1. The highest BCUT2D eigenvalue weighted by molar-refractivity contribution is 7.15. The number of fused-ring (bicyclic) bond motifs is 1. The number of anilines is 1. The quantitative estimate of drug-likeness (QED) is 0.877. The third kappa shape index (κ3) is 3.06. The first kappa shape index (κ1) is 14.8. The molecule has 4 nitrogen and oxygen atoms in total. The third-order valence-electron chi connectivity index (χ3n) is 3.39. The van der Waals surface area contributed by atoms with Crippen LogP contribution in [-0.4, -0.2) is 16.9 Å². The van der Waals surface area contributed by atoms with Gasteiger partial charge in [-0.25, -0.2) is 4.98 Å². The Kier molecular flexibility index (Phi) is 4.17. The number of aryl methyl sites for hydroxylation is 1. The second kappa shape index (κ2) is 5.93. The molecule has 0 aliphatic heterocycles. The fraction of sp³-hybridized carbons (Fsp3) is 0.286. The first-order chi connectivity index (χ1) is 10.0. The zero-order chi connectivity index (χ0) is 15.0. The van der Waals surface area contributed by atoms with E-state index in [2.05, 4.69) is 10.3 Å². The average Bonchev–Trinajstić information content (AvgIpc) is 2.83. The van der Waals surface area contributed by atoms with Crippen molar-refractivity contribution in [2.45, 2.75) is 25.3 Å². The predicted octanol–water partition coefficient (Wildman–Crippen LogP) is 3.52. The van der Waals surface area contributed by atoms with Gasteiger partial charge in [-0.05, 0) is 31.4 Å². The number of thiazole rings is 1. The van der Waals surface area contributed by atoms with Gasteiger partial charge in [0.15, 0.2) is 5.13 Å². The number of nitrogens with zero attached hydrogens (tertiary/aromatic N) is 1. The first-order valence-corrected chi connectivity index (χ1v) is 8.11. The van der Waals surface area contributed by atoms with E-state index >= 15 is 0 Å². The molecule has 110 valence electrons. The summed E-state index contributed by atoms with van der Waals surface area (Å²) in [7, 11) is 0. The molecular formula is C14H13Cl2N3OS. The van der Waals surface area contributed by atoms with E-state index < -0.39 is 0 Å². The molecule has 1 aromatic heterocycles. The van der Waals surface area contributed by atoms with Crippen molar-refractivity contribution in [1.29, 1.82) is 0 Å². The maximum absolute atomic E-state index is 12.3. The van der Waals surface area contributed by atoms with Gasteiger partial charge in [-0.15, -0.1) is 11.3 Å². The lowest BCUT2D eigenvalue weighted by Gasteiger charge is -2.15. The van der Waals surface area contributed by atoms with Gasteiger partial charge in [-0.1, -0.05) is 29.3 Å². The fourth-order valence-electron chi connectivity index (χ4n) is 2.30. The largest absolute Gasteiger partial charge is 0.327 e. The molecule has 3 N–H and O–H groups in total. The van der Waals surface area contributed by atoms with E-state index in [1.54, 1.807) is 18.2 Å². The Morgan fingerprint density at radius 3 is 3.05 bits per heavy atom. The number of aromatic nitrogens is 1. The highest BCUT2D eigenvalue weighted by Crippen LogP contribution is 2.31. The summed E-state index contributed by atoms with van der Waals surface area (Å²) in [6.45, 7) is 0. The van der Waals surface area contributed by atoms with E-state index in [0.717, 1.165) is 29.8 Å². The van der Waals surface area contributed by atoms with Crippen LogP contribution in [0.2, 0.25) is 10.0 Å². The minimum Gasteiger partial charge on any atom is -0.327 e. The number of hydrogen-bond acceptors (Lipinski definition) is 4. The molecule has 7 heteroatoms. The number of halogens is 2. The number of carbonyl (C=O) groups excluding carboxylic acids is 1. The topological polar surface area (TPSA) is 68.0 Å². The van der Waals surface area contributed by atoms with E-state index in [9.17, 15) is 4.79 Å². The monoisotopic (exact) mass is 341 g/mol. The maximum atomic E-state index is 12.3. The summed E-state index contributed by atoms with van der Waals surface area (Å²) in [5.41, 5.74) is 7.33. The molecule has 0 radical (unpaired) electrons. The van der Waals surface area contributed by atoms with E-state index in [0.29, 0.717) is 15.7 Å². The van der Waals surface area contributed by atoms with Gasteiger partial charge in [0, 0.05) is 10.9 Å². The summed E-state index contributed by atoms with van der Waals surface area (Å²) in [5.74, 6) is -0.308. The van der Waals surface area contributed by atoms with Crippen molar-refractivity contribution in [3.05, 3.63) is 44.4 Å². The maximum Gasteiger partial charge on any atom is 0.259 e. The Hall–Kier alpha value is -1.14. The van der Waals surface area contributed by atoms with E-state index in [-0.39, 0.29) is 17.0 Å². The lowest BCUT2D eigenvalue weighted by molar-refractivity contribution is 0.102. The average molecular weight is 342 g/mol. The van der Waals surface area contributed by atoms with Crippen LogP contribution in [0.4, 0.5) is 5.13 Å². The fourth-order valence-corrected chi connectivity index (χ4v) is 3.78. The van der Waals surface area contributed by atoms with Gasteiger partial charge in [-0.3, -0.25) is 10.1 Å². The molecule has 1 aliphatic carbocycles. The molecule has 0 saturated heterocycles. The van der Waals surface area contributed by atoms with Crippen molar-refractivity contribution in [1.82, 2.24) is 4.98 Å². The zero-order valence-electron chi connectivity index (χ0n) is 11.0. The van der Waals surface area contributed by atoms with Gasteiger partial charge in [0.25, 0.3) is 5.91 Å². The van der Waals surface area contributed by atoms with Crippen LogP contribution in [0.3, 0.4) is 0 Å². The summed E-state index contributed by atoms with van der Waals surface area (Å²) in [6.07, 6.45) is 2.62. The molecular weight excluding hydrogens is 329 g/mol. The number of nitrogens with two attached hydrogens (primary N) is 1. The molecule has 2 aromatic rings. The lowest BCUT2D eigenvalue weighted by atomic mass is 9.99. The molecule has 1 amide bonds. The van der Waals surface area contributed by atoms with Crippen molar-refractivity contribution >= 4 is 45.6 Å². The highest BCUT2D eigenvalue weighted by atomic mass is 35.5. The van der Waals surface area contributed by atoms with Crippen LogP contribution in [0.5, 0.6) is 0 Å². The van der Waals surface area contributed by atoms with E-state index in [1.807, 2.05) is 0 Å². The summed E-state index contributed by atoms with van der Waals surface area (Å²) >= 11 is 13.4. The molecule has 0 unspecified atom stereocenters. The Morgan fingerprint density at radius 1 is 1.43 bits per heavy atom. The Labute approximate surface area is 136 Å². The molecule has 0 saturated carbocycles. The van der Waals surface area contributed by atoms with Crippen molar-refractivity contribution in [2.24, 2.45) is 5.73 Å². The summed E-state index contributed by atoms with van der Waals surface area (Å²) in [4.78, 5) is 17.9. The SMILES string of the molecule is N[C@H]1CCc2nc(NC(=O)c3cccc(Cl)c3Cl)sc2C1. The second-order valence-corrected chi connectivity index (χ2v) is 6.82. The molecule has 0 spiro atoms. The molecule has 0 fully saturated rings. The number of benzene rings is 1. The van der Waals surface area contributed by atoms with E-state index in [4.69, 9.17) is 28.9 Å². The van der Waals surface area contributed by atoms with Crippen molar-refractivity contribution in [2.75, 3.05) is 5.32 Å². The molecule has 3 rings (SSSR count). The zero-order valence-corrected chi connectivity index (χ0v) is 13.4. The Morgan fingerprint density at radius 2 is 2.24 bits per heavy atom. The summed E-state index contributed by atoms with van der Waals surface area (Å²) < 4.78 is 0. The second-order valence-electron chi connectivity index (χ2n) is 4.95. The van der Waals surface area contributed by atoms with Crippen molar-refractivity contribution in [3.63, 3.8) is 0 Å². The van der Waals surface area contributed by atoms with Crippen LogP contribution in [0.1, 0.15) is 27.3 Å². The minimum absolute atomic E-state index is 0.184. The number of amides is 1. The molecule has 1 atom stereocenters. The normalized spacial score (nSPS) is 17.4. The predicted molar refractivity (Wildman–Crippen MR) is 86.5 cm³/mol. The smallest absolute Gasteiger partial charge is 0.259 e. The highest BCUT2D eigenvalue weighted by Gasteiger charge is 2.21. The summed E-state index contributed by atoms with van der Waals surface area (Å²) in [5, 5.41) is 3.97. The minimum atomic E-state index is -0.308. The number of carbonyl (C=O) groups is 1. The third-order valence-corrected chi connectivity index (χ3v) is 5.25. The van der Waals surface area contributed by atoms with Gasteiger partial charge in [0.1, 0.15) is 0 Å². The molecule has 0 bridgehead atoms. The summed E-state index contributed by atoms with van der Waals surface area (Å²) in [6, 6.07) is 5.15. The Bertz CT molecular complexity index is 702. The number of hydrogen-bond donors (Lipinski definition) is 2. The molecule has 1 aliphatic rings. The van der Waals surface area contributed by atoms with Gasteiger partial charge in [-0.2, -0.15) is 0 Å². The van der Waals surface area contributed by atoms with Crippen LogP contribution in [0.15, 0.2) is 18.2 Å². The Balaban J connectivity index is 1.81. The molecule has 1 heterocycles. The molecule has 1 aromatic carbocycles. The van der Waals surface area contributed by atoms with Crippen LogP contribution in [0, 0.1) is 0 Å². The lowest BCUT2D eigenvalue weighted by Crippen LogP contribution is -2.27. The van der Waals surface area contributed by atoms with Crippen LogP contribution >= 0.6 is 34.5 Å². The van der Waals surface area contributed by atoms with Crippen molar-refractivity contribution in [3.8, 4) is 0 Å². The van der Waals surface area contributed by atoms with Crippen LogP contribution in [0.25, 0.3) is 0 Å². The van der Waals surface area contributed by atoms with Gasteiger partial charge in [0.2, 0.25) is 0 Å². The number of rotatable bonds is 2. The van der Waals surface area contributed by atoms with E-state index in [1.165, 1.54) is 11.3 Å². The standard InChI is InChI=1S/C14H13Cl2N3OS/c15-9-3-1-2-8(12(9)16)13(20)19-14-18-10-5-4-7(17)6-11(10)21-14/h1-3,7H,4-6,17H2,(H,18,19,20)/t7-/m0/s1. The van der Waals surface area contributed by atoms with Crippen LogP contribution < -0.4 is 11.1 Å².